The van der Waals surface area contributed by atoms with Crippen LogP contribution in [0.5, 0.6) is 5.75 Å². The first-order valence-corrected chi connectivity index (χ1v) is 12.5. The van der Waals surface area contributed by atoms with Gasteiger partial charge < -0.3 is 20.5 Å². The van der Waals surface area contributed by atoms with E-state index in [-0.39, 0.29) is 16.6 Å². The Balaban J connectivity index is 1.79. The summed E-state index contributed by atoms with van der Waals surface area (Å²) in [6, 6.07) is 2.80. The van der Waals surface area contributed by atoms with Crippen molar-refractivity contribution in [3.63, 3.8) is 0 Å². The van der Waals surface area contributed by atoms with Crippen LogP contribution >= 0.6 is 31.1 Å². The Bertz CT molecular complexity index is 1180. The van der Waals surface area contributed by atoms with Crippen molar-refractivity contribution in [1.82, 2.24) is 14.6 Å². The Morgan fingerprint density at radius 1 is 1.47 bits per heavy atom. The molecular weight excluding hydrogens is 521 g/mol. The second-order valence-corrected chi connectivity index (χ2v) is 10.7. The van der Waals surface area contributed by atoms with Gasteiger partial charge in [-0.05, 0) is 31.2 Å². The summed E-state index contributed by atoms with van der Waals surface area (Å²) in [4.78, 5) is 26.8. The minimum Gasteiger partial charge on any atom is -0.480 e. The lowest BCUT2D eigenvalue weighted by atomic mass is 10.1. The zero-order valence-electron chi connectivity index (χ0n) is 17.4. The highest BCUT2D eigenvalue weighted by Gasteiger charge is 2.46. The van der Waals surface area contributed by atoms with E-state index in [0.29, 0.717) is 0 Å². The van der Waals surface area contributed by atoms with E-state index < -0.39 is 60.8 Å². The Kier molecular flexibility index (Phi) is 8.22. The number of aromatic nitrogens is 2. The van der Waals surface area contributed by atoms with Gasteiger partial charge in [0.1, 0.15) is 34.9 Å². The van der Waals surface area contributed by atoms with Crippen LogP contribution in [-0.2, 0) is 13.9 Å². The number of alkyl halides is 1. The number of nitrogens with zero attached hydrogens (tertiary/aromatic N) is 2. The lowest BCUT2D eigenvalue weighted by Gasteiger charge is -2.24. The quantitative estimate of drug-likeness (QED) is 0.344. The van der Waals surface area contributed by atoms with E-state index in [2.05, 4.69) is 10.1 Å². The average molecular weight is 541 g/mol. The second-order valence-electron chi connectivity index (χ2n) is 7.19. The van der Waals surface area contributed by atoms with Crippen LogP contribution < -0.4 is 21.0 Å². The summed E-state index contributed by atoms with van der Waals surface area (Å²) >= 11 is 6.70. The minimum absolute atomic E-state index is 0.0590. The molecule has 2 heterocycles. The van der Waals surface area contributed by atoms with Crippen LogP contribution in [0.1, 0.15) is 12.3 Å². The third-order valence-electron chi connectivity index (χ3n) is 4.66. The predicted octanol–water partition coefficient (Wildman–Crippen LogP) is 2.20. The zero-order chi connectivity index (χ0) is 25.2. The van der Waals surface area contributed by atoms with Gasteiger partial charge in [-0.15, -0.1) is 11.8 Å². The Morgan fingerprint density at radius 2 is 2.18 bits per heavy atom. The number of aliphatic hydroxyl groups is 1. The first kappa shape index (κ1) is 26.4. The summed E-state index contributed by atoms with van der Waals surface area (Å²) in [6.07, 6.45) is -2.33. The maximum absolute atomic E-state index is 14.8. The lowest BCUT2D eigenvalue weighted by Crippen LogP contribution is -2.36. The maximum atomic E-state index is 14.8. The third kappa shape index (κ3) is 6.06. The molecule has 2 unspecified atom stereocenters. The number of aliphatic hydroxyl groups excluding tert-OH is 1. The molecule has 0 amide bonds. The number of thioether (sulfide) groups is 1. The van der Waals surface area contributed by atoms with Gasteiger partial charge >= 0.3 is 19.4 Å². The highest BCUT2D eigenvalue weighted by Crippen LogP contribution is 2.50. The molecule has 0 radical (unpaired) electrons. The van der Waals surface area contributed by atoms with Crippen molar-refractivity contribution >= 4 is 42.9 Å². The SMILES string of the molecule is CC(NP(=O)(OC[C@H]1S[C@@H](n2ccc(N)nc2=O)[C@@H](F)[C@@H]1O)Oc1ccc(F)cc1Cl)C(=O)O. The van der Waals surface area contributed by atoms with E-state index in [4.69, 9.17) is 31.5 Å². The number of carbonyl (C=O) groups is 1. The van der Waals surface area contributed by atoms with E-state index in [1.54, 1.807) is 0 Å². The number of hydrogen-bond donors (Lipinski definition) is 4. The average Bonchev–Trinajstić information content (AvgIpc) is 3.03. The lowest BCUT2D eigenvalue weighted by molar-refractivity contribution is -0.138. The standard InChI is InChI=1S/C18H20ClF2N4O7PS/c1-8(17(27)28)24-33(30,32-11-3-2-9(20)6-10(11)19)31-7-12-15(26)14(21)16(34-12)25-5-4-13(22)23-18(25)29/h2-6,8,12,14-16,26H,7H2,1H3,(H,24,30)(H,27,28)(H2,22,23,29)/t8?,12-,14+,15-,16-,33?/m1/s1. The third-order valence-corrected chi connectivity index (χ3v) is 8.12. The van der Waals surface area contributed by atoms with E-state index in [0.717, 1.165) is 34.5 Å². The fourth-order valence-electron chi connectivity index (χ4n) is 2.92. The summed E-state index contributed by atoms with van der Waals surface area (Å²) < 4.78 is 52.9. The monoisotopic (exact) mass is 540 g/mol. The number of benzene rings is 1. The molecule has 1 aromatic heterocycles. The van der Waals surface area contributed by atoms with Crippen molar-refractivity contribution in [2.75, 3.05) is 12.3 Å². The summed E-state index contributed by atoms with van der Waals surface area (Å²) in [5.41, 5.74) is 4.61. The molecule has 1 aromatic carbocycles. The second kappa shape index (κ2) is 10.6. The number of anilines is 1. The number of nitrogens with two attached hydrogens (primary N) is 1. The molecule has 0 spiro atoms. The molecule has 34 heavy (non-hydrogen) atoms. The van der Waals surface area contributed by atoms with Gasteiger partial charge in [0.15, 0.2) is 6.17 Å². The van der Waals surface area contributed by atoms with Crippen molar-refractivity contribution in [1.29, 1.82) is 0 Å². The summed E-state index contributed by atoms with van der Waals surface area (Å²) in [7, 11) is -4.48. The molecule has 6 atom stereocenters. The largest absolute Gasteiger partial charge is 0.480 e. The number of rotatable bonds is 9. The molecule has 16 heteroatoms. The summed E-state index contributed by atoms with van der Waals surface area (Å²) in [6.45, 7) is 0.594. The minimum atomic E-state index is -4.48. The smallest absolute Gasteiger partial charge is 0.459 e. The fraction of sp³-hybridized carbons (Fsp3) is 0.389. The molecule has 0 saturated carbocycles. The molecular formula is C18H20ClF2N4O7PS. The van der Waals surface area contributed by atoms with Crippen LogP contribution in [0, 0.1) is 5.82 Å². The maximum Gasteiger partial charge on any atom is 0.459 e. The molecule has 11 nitrogen and oxygen atoms in total. The van der Waals surface area contributed by atoms with Crippen LogP contribution in [0.2, 0.25) is 5.02 Å². The number of carboxylic acid groups (broad SMARTS) is 1. The van der Waals surface area contributed by atoms with E-state index in [9.17, 15) is 28.0 Å². The molecule has 1 aliphatic rings. The predicted molar refractivity (Wildman–Crippen MR) is 120 cm³/mol. The molecule has 1 fully saturated rings. The molecule has 0 aliphatic carbocycles. The van der Waals surface area contributed by atoms with Crippen LogP contribution in [0.4, 0.5) is 14.6 Å². The summed E-state index contributed by atoms with van der Waals surface area (Å²) in [5, 5.41) is 19.2. The number of hydrogen-bond acceptors (Lipinski definition) is 9. The van der Waals surface area contributed by atoms with Crippen LogP contribution in [0.3, 0.4) is 0 Å². The highest BCUT2D eigenvalue weighted by atomic mass is 35.5. The van der Waals surface area contributed by atoms with Crippen LogP contribution in [0.25, 0.3) is 0 Å². The van der Waals surface area contributed by atoms with Gasteiger partial charge in [0.05, 0.1) is 16.9 Å². The fourth-order valence-corrected chi connectivity index (χ4v) is 6.24. The number of nitrogen functional groups attached to an aromatic ring is 1. The van der Waals surface area contributed by atoms with Gasteiger partial charge in [0, 0.05) is 6.20 Å². The van der Waals surface area contributed by atoms with Gasteiger partial charge in [-0.25, -0.2) is 18.1 Å². The Labute approximate surface area is 200 Å². The van der Waals surface area contributed by atoms with E-state index in [1.807, 2.05) is 0 Å². The van der Waals surface area contributed by atoms with Gasteiger partial charge in [0.25, 0.3) is 0 Å². The first-order valence-electron chi connectivity index (χ1n) is 9.62. The number of nitrogens with one attached hydrogen (secondary N) is 1. The van der Waals surface area contributed by atoms with Crippen LogP contribution in [-0.4, -0.2) is 55.9 Å². The van der Waals surface area contributed by atoms with Gasteiger partial charge in [-0.3, -0.25) is 13.9 Å². The molecule has 1 saturated heterocycles. The molecule has 5 N–H and O–H groups in total. The van der Waals surface area contributed by atoms with Gasteiger partial charge in [-0.2, -0.15) is 10.1 Å². The highest BCUT2D eigenvalue weighted by molar-refractivity contribution is 8.00. The molecule has 3 rings (SSSR count). The Morgan fingerprint density at radius 3 is 2.79 bits per heavy atom. The van der Waals surface area contributed by atoms with E-state index >= 15 is 0 Å². The van der Waals surface area contributed by atoms with Crippen molar-refractivity contribution in [3.8, 4) is 5.75 Å². The van der Waals surface area contributed by atoms with Crippen molar-refractivity contribution in [3.05, 3.63) is 51.8 Å². The van der Waals surface area contributed by atoms with E-state index in [1.165, 1.54) is 19.2 Å². The first-order chi connectivity index (χ1) is 15.9. The normalized spacial score (nSPS) is 25.0. The molecule has 1 aliphatic heterocycles. The van der Waals surface area contributed by atoms with Crippen LogP contribution in [0.15, 0.2) is 35.3 Å². The van der Waals surface area contributed by atoms with Crippen molar-refractivity contribution in [2.24, 2.45) is 0 Å². The number of halogens is 3. The molecule has 0 bridgehead atoms. The molecule has 2 aromatic rings. The van der Waals surface area contributed by atoms with Gasteiger partial charge in [0.2, 0.25) is 0 Å². The Hall–Kier alpha value is -2.22. The zero-order valence-corrected chi connectivity index (χ0v) is 19.8. The van der Waals surface area contributed by atoms with Gasteiger partial charge in [-0.1, -0.05) is 11.6 Å². The van der Waals surface area contributed by atoms with Crippen molar-refractivity contribution < 1.29 is 37.4 Å². The van der Waals surface area contributed by atoms with Crippen molar-refractivity contribution in [2.45, 2.75) is 35.9 Å². The topological polar surface area (TPSA) is 166 Å². The number of aliphatic carboxylic acids is 1. The number of carboxylic acids is 1. The summed E-state index contributed by atoms with van der Waals surface area (Å²) in [5.74, 6) is -2.40. The molecule has 186 valence electrons.